The number of aliphatic hydroxyl groups is 1. The summed E-state index contributed by atoms with van der Waals surface area (Å²) in [7, 11) is -3.96. The Hall–Kier alpha value is -0.500. The van der Waals surface area contributed by atoms with Gasteiger partial charge in [-0.1, -0.05) is 36.7 Å². The zero-order valence-corrected chi connectivity index (χ0v) is 14.1. The van der Waals surface area contributed by atoms with E-state index in [-0.39, 0.29) is 12.0 Å². The lowest BCUT2D eigenvalue weighted by Gasteiger charge is -2.22. The Bertz CT molecular complexity index is 569. The summed E-state index contributed by atoms with van der Waals surface area (Å²) in [5, 5.41) is 9.78. The lowest BCUT2D eigenvalue weighted by Crippen LogP contribution is -2.34. The molecule has 0 aliphatic rings. The summed E-state index contributed by atoms with van der Waals surface area (Å²) in [6.45, 7) is 5.69. The van der Waals surface area contributed by atoms with Crippen LogP contribution < -0.4 is 4.72 Å². The Morgan fingerprint density at radius 2 is 2.00 bits per heavy atom. The maximum absolute atomic E-state index is 13.6. The highest BCUT2D eigenvalue weighted by molar-refractivity contribution is 9.10. The molecule has 4 nitrogen and oxygen atoms in total. The topological polar surface area (TPSA) is 66.4 Å². The minimum absolute atomic E-state index is 0.117. The van der Waals surface area contributed by atoms with Gasteiger partial charge in [-0.15, -0.1) is 0 Å². The fourth-order valence-corrected chi connectivity index (χ4v) is 3.22. The van der Waals surface area contributed by atoms with Crippen molar-refractivity contribution in [3.8, 4) is 0 Å². The molecule has 0 spiro atoms. The third-order valence-corrected chi connectivity index (χ3v) is 4.49. The molecule has 0 aliphatic heterocycles. The van der Waals surface area contributed by atoms with Crippen LogP contribution in [0.4, 0.5) is 4.39 Å². The van der Waals surface area contributed by atoms with E-state index in [2.05, 4.69) is 20.7 Å². The van der Waals surface area contributed by atoms with Crippen LogP contribution in [0.5, 0.6) is 0 Å². The van der Waals surface area contributed by atoms with Gasteiger partial charge in [-0.2, -0.15) is 0 Å². The Morgan fingerprint density at radius 1 is 1.40 bits per heavy atom. The summed E-state index contributed by atoms with van der Waals surface area (Å²) in [4.78, 5) is -0.427. The van der Waals surface area contributed by atoms with Gasteiger partial charge in [-0.25, -0.2) is 17.5 Å². The van der Waals surface area contributed by atoms with E-state index in [1.54, 1.807) is 0 Å². The minimum Gasteiger partial charge on any atom is -0.392 e. The van der Waals surface area contributed by atoms with Crippen molar-refractivity contribution in [1.29, 1.82) is 0 Å². The smallest absolute Gasteiger partial charge is 0.243 e. The van der Waals surface area contributed by atoms with Gasteiger partial charge in [0.15, 0.2) is 0 Å². The first-order valence-corrected chi connectivity index (χ1v) is 8.42. The number of halogens is 2. The van der Waals surface area contributed by atoms with Crippen LogP contribution >= 0.6 is 15.9 Å². The Morgan fingerprint density at radius 3 is 2.50 bits per heavy atom. The van der Waals surface area contributed by atoms with Crippen LogP contribution in [-0.4, -0.2) is 26.2 Å². The summed E-state index contributed by atoms with van der Waals surface area (Å²) in [6, 6.07) is 3.71. The van der Waals surface area contributed by atoms with Crippen molar-refractivity contribution in [3.05, 3.63) is 28.5 Å². The molecule has 0 saturated carbocycles. The van der Waals surface area contributed by atoms with Crippen LogP contribution in [0, 0.1) is 11.2 Å². The molecule has 0 aliphatic carbocycles. The third kappa shape index (κ3) is 5.47. The SMILES string of the molecule is CC(C)(C)CC(O)CNS(=O)(=O)c1ccc(Br)cc1F. The average molecular weight is 368 g/mol. The van der Waals surface area contributed by atoms with Crippen molar-refractivity contribution in [2.24, 2.45) is 5.41 Å². The van der Waals surface area contributed by atoms with E-state index in [9.17, 15) is 17.9 Å². The van der Waals surface area contributed by atoms with Crippen LogP contribution in [0.1, 0.15) is 27.2 Å². The normalized spacial score (nSPS) is 14.3. The monoisotopic (exact) mass is 367 g/mol. The molecule has 1 aromatic carbocycles. The van der Waals surface area contributed by atoms with E-state index in [0.29, 0.717) is 10.9 Å². The molecule has 0 fully saturated rings. The maximum Gasteiger partial charge on any atom is 0.243 e. The Labute approximate surface area is 127 Å². The summed E-state index contributed by atoms with van der Waals surface area (Å²) in [6.07, 6.45) is -0.374. The van der Waals surface area contributed by atoms with Gasteiger partial charge in [-0.05, 0) is 30.0 Å². The van der Waals surface area contributed by atoms with Crippen molar-refractivity contribution < 1.29 is 17.9 Å². The molecule has 0 aromatic heterocycles. The molecule has 0 amide bonds. The molecule has 0 bridgehead atoms. The molecule has 1 aromatic rings. The molecular weight excluding hydrogens is 349 g/mol. The van der Waals surface area contributed by atoms with Crippen LogP contribution in [0.15, 0.2) is 27.6 Å². The van der Waals surface area contributed by atoms with E-state index in [0.717, 1.165) is 6.07 Å². The van der Waals surface area contributed by atoms with E-state index < -0.39 is 26.8 Å². The molecule has 1 unspecified atom stereocenters. The highest BCUT2D eigenvalue weighted by atomic mass is 79.9. The Balaban J connectivity index is 2.76. The van der Waals surface area contributed by atoms with Gasteiger partial charge in [-0.3, -0.25) is 0 Å². The van der Waals surface area contributed by atoms with Crippen molar-refractivity contribution in [2.45, 2.75) is 38.2 Å². The van der Waals surface area contributed by atoms with Gasteiger partial charge >= 0.3 is 0 Å². The first-order chi connectivity index (χ1) is 9.01. The minimum atomic E-state index is -3.96. The molecule has 20 heavy (non-hydrogen) atoms. The predicted octanol–water partition coefficient (Wildman–Crippen LogP) is 2.66. The standard InChI is InChI=1S/C13H19BrFNO3S/c1-13(2,3)7-10(17)8-16-20(18,19)12-5-4-9(14)6-11(12)15/h4-6,10,16-17H,7-8H2,1-3H3. The maximum atomic E-state index is 13.6. The van der Waals surface area contributed by atoms with Crippen molar-refractivity contribution >= 4 is 26.0 Å². The van der Waals surface area contributed by atoms with E-state index in [1.165, 1.54) is 12.1 Å². The quantitative estimate of drug-likeness (QED) is 0.840. The van der Waals surface area contributed by atoms with Gasteiger partial charge in [0.2, 0.25) is 10.0 Å². The lowest BCUT2D eigenvalue weighted by atomic mass is 9.89. The zero-order valence-electron chi connectivity index (χ0n) is 11.7. The van der Waals surface area contributed by atoms with Crippen LogP contribution in [0.25, 0.3) is 0 Å². The van der Waals surface area contributed by atoms with Crippen molar-refractivity contribution in [1.82, 2.24) is 4.72 Å². The molecule has 114 valence electrons. The fourth-order valence-electron chi connectivity index (χ4n) is 1.76. The average Bonchev–Trinajstić information content (AvgIpc) is 2.23. The number of benzene rings is 1. The molecular formula is C13H19BrFNO3S. The van der Waals surface area contributed by atoms with Crippen molar-refractivity contribution in [3.63, 3.8) is 0 Å². The number of hydrogen-bond acceptors (Lipinski definition) is 3. The Kier molecular flexibility index (Phi) is 5.71. The van der Waals surface area contributed by atoms with Crippen LogP contribution in [0.3, 0.4) is 0 Å². The molecule has 1 atom stereocenters. The first-order valence-electron chi connectivity index (χ1n) is 6.14. The molecule has 0 radical (unpaired) electrons. The van der Waals surface area contributed by atoms with Gasteiger partial charge in [0.1, 0.15) is 10.7 Å². The summed E-state index contributed by atoms with van der Waals surface area (Å²) < 4.78 is 40.2. The van der Waals surface area contributed by atoms with E-state index in [4.69, 9.17) is 0 Å². The molecule has 7 heteroatoms. The van der Waals surface area contributed by atoms with Gasteiger partial charge < -0.3 is 5.11 Å². The van der Waals surface area contributed by atoms with Crippen LogP contribution in [0.2, 0.25) is 0 Å². The highest BCUT2D eigenvalue weighted by Gasteiger charge is 2.22. The fraction of sp³-hybridized carbons (Fsp3) is 0.538. The van der Waals surface area contributed by atoms with Gasteiger partial charge in [0.25, 0.3) is 0 Å². The van der Waals surface area contributed by atoms with Gasteiger partial charge in [0, 0.05) is 11.0 Å². The zero-order chi connectivity index (χ0) is 15.6. The van der Waals surface area contributed by atoms with E-state index in [1.807, 2.05) is 20.8 Å². The number of sulfonamides is 1. The van der Waals surface area contributed by atoms with Gasteiger partial charge in [0.05, 0.1) is 6.10 Å². The molecule has 0 heterocycles. The summed E-state index contributed by atoms with van der Waals surface area (Å²) in [5.41, 5.74) is -0.117. The lowest BCUT2D eigenvalue weighted by molar-refractivity contribution is 0.125. The summed E-state index contributed by atoms with van der Waals surface area (Å²) >= 11 is 3.06. The van der Waals surface area contributed by atoms with Crippen molar-refractivity contribution in [2.75, 3.05) is 6.54 Å². The van der Waals surface area contributed by atoms with E-state index >= 15 is 0 Å². The highest BCUT2D eigenvalue weighted by Crippen LogP contribution is 2.21. The number of aliphatic hydroxyl groups excluding tert-OH is 1. The number of hydrogen-bond donors (Lipinski definition) is 2. The second kappa shape index (κ2) is 6.51. The first kappa shape index (κ1) is 17.6. The number of nitrogens with one attached hydrogen (secondary N) is 1. The second-order valence-corrected chi connectivity index (χ2v) is 8.50. The number of rotatable bonds is 5. The summed E-state index contributed by atoms with van der Waals surface area (Å²) in [5.74, 6) is -0.836. The largest absolute Gasteiger partial charge is 0.392 e. The second-order valence-electron chi connectivity index (χ2n) is 5.85. The molecule has 2 N–H and O–H groups in total. The van der Waals surface area contributed by atoms with Crippen LogP contribution in [-0.2, 0) is 10.0 Å². The molecule has 1 rings (SSSR count). The third-order valence-electron chi connectivity index (χ3n) is 2.54. The predicted molar refractivity (Wildman–Crippen MR) is 79.4 cm³/mol. The molecule has 0 saturated heterocycles.